The lowest BCUT2D eigenvalue weighted by atomic mass is 9.57. The highest BCUT2D eigenvalue weighted by Gasteiger charge is 2.45. The van der Waals surface area contributed by atoms with E-state index in [0.29, 0.717) is 5.92 Å². The lowest BCUT2D eigenvalue weighted by Gasteiger charge is -2.45. The van der Waals surface area contributed by atoms with Crippen LogP contribution in [0.3, 0.4) is 0 Å². The molecule has 0 saturated heterocycles. The van der Waals surface area contributed by atoms with Crippen molar-refractivity contribution in [1.29, 1.82) is 0 Å². The lowest BCUT2D eigenvalue weighted by molar-refractivity contribution is 0.529. The summed E-state index contributed by atoms with van der Waals surface area (Å²) in [6, 6.07) is 39.6. The Labute approximate surface area is 220 Å². The zero-order chi connectivity index (χ0) is 25.3. The van der Waals surface area contributed by atoms with Crippen LogP contribution in [-0.2, 0) is 0 Å². The molecule has 0 radical (unpaired) electrons. The molecule has 2 unspecified atom stereocenters. The number of benzene rings is 5. The fourth-order valence-electron chi connectivity index (χ4n) is 7.49. The molecular formula is C37H32. The summed E-state index contributed by atoms with van der Waals surface area (Å²) in [6.45, 7) is 8.95. The third-order valence-electron chi connectivity index (χ3n) is 8.54. The van der Waals surface area contributed by atoms with Crippen molar-refractivity contribution in [3.05, 3.63) is 153 Å². The minimum atomic E-state index is 0.280. The predicted octanol–water partition coefficient (Wildman–Crippen LogP) is 9.63. The second-order valence-electron chi connectivity index (χ2n) is 11.3. The monoisotopic (exact) mass is 476 g/mol. The van der Waals surface area contributed by atoms with Crippen LogP contribution >= 0.6 is 0 Å². The van der Waals surface area contributed by atoms with Gasteiger partial charge >= 0.3 is 0 Å². The minimum Gasteiger partial charge on any atom is -0.0619 e. The Kier molecular flexibility index (Phi) is 5.01. The second-order valence-corrected chi connectivity index (χ2v) is 11.3. The summed E-state index contributed by atoms with van der Waals surface area (Å²) in [5.74, 6) is 0.878. The maximum Gasteiger partial charge on any atom is 0.0174 e. The second kappa shape index (κ2) is 8.32. The quantitative estimate of drug-likeness (QED) is 0.238. The highest BCUT2D eigenvalue weighted by molar-refractivity contribution is 5.88. The number of aryl methyl sites for hydroxylation is 4. The minimum absolute atomic E-state index is 0.280. The lowest BCUT2D eigenvalue weighted by Crippen LogP contribution is -2.29. The van der Waals surface area contributed by atoms with Gasteiger partial charge in [0.05, 0.1) is 0 Å². The number of fused-ring (bicyclic) bond motifs is 4. The van der Waals surface area contributed by atoms with E-state index >= 15 is 0 Å². The van der Waals surface area contributed by atoms with Gasteiger partial charge in [0.15, 0.2) is 0 Å². The molecule has 0 nitrogen and oxygen atoms in total. The molecule has 0 N–H and O–H groups in total. The molecule has 0 aromatic heterocycles. The van der Waals surface area contributed by atoms with Gasteiger partial charge in [-0.15, -0.1) is 0 Å². The van der Waals surface area contributed by atoms with Gasteiger partial charge in [0.2, 0.25) is 0 Å². The Morgan fingerprint density at radius 3 is 1.22 bits per heavy atom. The van der Waals surface area contributed by atoms with Crippen LogP contribution in [-0.4, -0.2) is 0 Å². The van der Waals surface area contributed by atoms with Gasteiger partial charge in [0, 0.05) is 17.8 Å². The zero-order valence-electron chi connectivity index (χ0n) is 22.0. The molecule has 0 heteroatoms. The molecule has 180 valence electrons. The van der Waals surface area contributed by atoms with Gasteiger partial charge in [0.25, 0.3) is 0 Å². The molecule has 7 rings (SSSR count). The third-order valence-corrected chi connectivity index (χ3v) is 8.54. The van der Waals surface area contributed by atoms with Gasteiger partial charge in [-0.3, -0.25) is 0 Å². The average molecular weight is 477 g/mol. The van der Waals surface area contributed by atoms with Crippen molar-refractivity contribution < 1.29 is 0 Å². The first kappa shape index (κ1) is 22.3. The molecule has 0 heterocycles. The van der Waals surface area contributed by atoms with E-state index in [9.17, 15) is 0 Å². The average Bonchev–Trinajstić information content (AvgIpc) is 2.88. The summed E-state index contributed by atoms with van der Waals surface area (Å²) < 4.78 is 0. The van der Waals surface area contributed by atoms with Crippen molar-refractivity contribution in [2.45, 2.75) is 45.4 Å². The number of hydrogen-bond donors (Lipinski definition) is 0. The van der Waals surface area contributed by atoms with Crippen LogP contribution in [0, 0.1) is 27.7 Å². The first-order chi connectivity index (χ1) is 18.0. The molecule has 5 aromatic rings. The molecule has 2 atom stereocenters. The van der Waals surface area contributed by atoms with Gasteiger partial charge < -0.3 is 0 Å². The first-order valence-electron chi connectivity index (χ1n) is 13.5. The largest absolute Gasteiger partial charge is 0.0619 e. The predicted molar refractivity (Wildman–Crippen MR) is 156 cm³/mol. The Balaban J connectivity index is 1.62. The van der Waals surface area contributed by atoms with E-state index in [-0.39, 0.29) is 11.8 Å². The molecule has 0 aliphatic heterocycles. The molecule has 0 bridgehead atoms. The third kappa shape index (κ3) is 3.43. The molecule has 0 fully saturated rings. The van der Waals surface area contributed by atoms with E-state index in [1.807, 2.05) is 0 Å². The first-order valence-corrected chi connectivity index (χ1v) is 13.5. The van der Waals surface area contributed by atoms with Crippen LogP contribution in [0.4, 0.5) is 0 Å². The van der Waals surface area contributed by atoms with E-state index in [0.717, 1.165) is 0 Å². The van der Waals surface area contributed by atoms with E-state index in [1.54, 1.807) is 0 Å². The van der Waals surface area contributed by atoms with Crippen LogP contribution < -0.4 is 0 Å². The summed E-state index contributed by atoms with van der Waals surface area (Å²) in [5.41, 5.74) is 18.2. The maximum atomic E-state index is 2.43. The van der Waals surface area contributed by atoms with E-state index in [2.05, 4.69) is 131 Å². The summed E-state index contributed by atoms with van der Waals surface area (Å²) >= 11 is 0. The highest BCUT2D eigenvalue weighted by atomic mass is 14.5. The van der Waals surface area contributed by atoms with Crippen molar-refractivity contribution in [3.8, 4) is 22.3 Å². The normalized spacial score (nSPS) is 19.1. The summed E-state index contributed by atoms with van der Waals surface area (Å²) in [4.78, 5) is 0. The molecule has 5 aromatic carbocycles. The van der Waals surface area contributed by atoms with Crippen molar-refractivity contribution >= 4 is 0 Å². The molecule has 0 spiro atoms. The van der Waals surface area contributed by atoms with E-state index in [1.165, 1.54) is 72.3 Å². The van der Waals surface area contributed by atoms with Crippen molar-refractivity contribution in [3.63, 3.8) is 0 Å². The van der Waals surface area contributed by atoms with E-state index < -0.39 is 0 Å². The molecule has 0 amide bonds. The van der Waals surface area contributed by atoms with Gasteiger partial charge in [-0.2, -0.15) is 0 Å². The molecule has 37 heavy (non-hydrogen) atoms. The van der Waals surface area contributed by atoms with Crippen molar-refractivity contribution in [2.24, 2.45) is 0 Å². The van der Waals surface area contributed by atoms with Crippen molar-refractivity contribution in [2.75, 3.05) is 0 Å². The van der Waals surface area contributed by atoms with Gasteiger partial charge in [0.1, 0.15) is 0 Å². The van der Waals surface area contributed by atoms with Gasteiger partial charge in [-0.1, -0.05) is 125 Å². The Hall–Kier alpha value is -3.90. The van der Waals surface area contributed by atoms with Crippen molar-refractivity contribution in [1.82, 2.24) is 0 Å². The molecule has 2 aliphatic carbocycles. The fraction of sp³-hybridized carbons (Fsp3) is 0.189. The van der Waals surface area contributed by atoms with Crippen LogP contribution in [0.5, 0.6) is 0 Å². The van der Waals surface area contributed by atoms with Gasteiger partial charge in [-0.25, -0.2) is 0 Å². The Morgan fingerprint density at radius 2 is 0.784 bits per heavy atom. The fourth-order valence-corrected chi connectivity index (χ4v) is 7.49. The maximum absolute atomic E-state index is 2.43. The Bertz CT molecular complexity index is 1520. The highest BCUT2D eigenvalue weighted by Crippen LogP contribution is 2.62. The van der Waals surface area contributed by atoms with Crippen LogP contribution in [0.25, 0.3) is 22.3 Å². The van der Waals surface area contributed by atoms with E-state index in [4.69, 9.17) is 0 Å². The SMILES string of the molecule is Cc1cc(C)cc(C2c3ccccc3-c3cccc4c3C2C(c2cc(C)cc(C)c2)c2ccccc2-4)c1. The molecule has 0 saturated carbocycles. The molecular weight excluding hydrogens is 444 g/mol. The smallest absolute Gasteiger partial charge is 0.0174 e. The number of rotatable bonds is 2. The van der Waals surface area contributed by atoms with Gasteiger partial charge in [-0.05, 0) is 77.8 Å². The summed E-state index contributed by atoms with van der Waals surface area (Å²) in [5, 5.41) is 0. The summed E-state index contributed by atoms with van der Waals surface area (Å²) in [6.07, 6.45) is 0. The van der Waals surface area contributed by atoms with Crippen LogP contribution in [0.15, 0.2) is 103 Å². The van der Waals surface area contributed by atoms with Crippen LogP contribution in [0.2, 0.25) is 0 Å². The zero-order valence-corrected chi connectivity index (χ0v) is 22.0. The topological polar surface area (TPSA) is 0 Å². The number of hydrogen-bond acceptors (Lipinski definition) is 0. The summed E-state index contributed by atoms with van der Waals surface area (Å²) in [7, 11) is 0. The standard InChI is InChI=1S/C37H32/c1-22-16-23(2)19-26(18-22)34-30-12-7-5-10-28(30)32-14-9-15-33-29-11-6-8-13-31(29)35(37(34)36(32)33)27-20-24(3)17-25(4)21-27/h5-21,34-35,37H,1-4H3. The Morgan fingerprint density at radius 1 is 0.405 bits per heavy atom. The molecule has 2 aliphatic rings. The van der Waals surface area contributed by atoms with Crippen LogP contribution in [0.1, 0.15) is 67.8 Å².